The van der Waals surface area contributed by atoms with Crippen LogP contribution in [0, 0.1) is 20.8 Å². The van der Waals surface area contributed by atoms with E-state index in [-0.39, 0.29) is 11.3 Å². The molecule has 0 saturated carbocycles. The number of H-pyrrole nitrogens is 1. The molecule has 1 fully saturated rings. The first-order chi connectivity index (χ1) is 17.8. The highest BCUT2D eigenvalue weighted by atomic mass is 16.6. The molecule has 186 valence electrons. The second kappa shape index (κ2) is 8.55. The molecule has 0 spiro atoms. The van der Waals surface area contributed by atoms with Gasteiger partial charge >= 0.3 is 0 Å². The van der Waals surface area contributed by atoms with Gasteiger partial charge in [0.15, 0.2) is 11.5 Å². The maximum Gasteiger partial charge on any atom is 0.300 e. The number of rotatable bonds is 3. The van der Waals surface area contributed by atoms with Gasteiger partial charge in [-0.1, -0.05) is 24.3 Å². The number of nitrogens with zero attached hydrogens (tertiary/aromatic N) is 1. The summed E-state index contributed by atoms with van der Waals surface area (Å²) in [6.45, 7) is 6.72. The number of aliphatic hydroxyl groups is 1. The van der Waals surface area contributed by atoms with E-state index in [9.17, 15) is 14.7 Å². The van der Waals surface area contributed by atoms with Crippen LogP contribution in [0.25, 0.3) is 16.7 Å². The minimum absolute atomic E-state index is 0.0350. The lowest BCUT2D eigenvalue weighted by Gasteiger charge is -2.26. The van der Waals surface area contributed by atoms with Gasteiger partial charge in [0.2, 0.25) is 0 Å². The quantitative estimate of drug-likeness (QED) is 0.223. The molecule has 1 atom stereocenters. The van der Waals surface area contributed by atoms with Crippen LogP contribution in [0.1, 0.15) is 34.0 Å². The second-order valence-electron chi connectivity index (χ2n) is 9.51. The summed E-state index contributed by atoms with van der Waals surface area (Å²) in [6.07, 6.45) is 0. The molecular weight excluding hydrogens is 468 g/mol. The number of ether oxygens (including phenoxy) is 2. The molecular formula is C30H26N2O5. The topological polar surface area (TPSA) is 91.9 Å². The summed E-state index contributed by atoms with van der Waals surface area (Å²) in [6, 6.07) is 17.6. The third-order valence-corrected chi connectivity index (χ3v) is 7.25. The number of hydrogen-bond acceptors (Lipinski definition) is 5. The monoisotopic (exact) mass is 494 g/mol. The van der Waals surface area contributed by atoms with E-state index in [0.717, 1.165) is 33.3 Å². The maximum absolute atomic E-state index is 13.6. The smallest absolute Gasteiger partial charge is 0.300 e. The molecule has 7 nitrogen and oxygen atoms in total. The Bertz CT molecular complexity index is 1630. The minimum Gasteiger partial charge on any atom is -0.507 e. The van der Waals surface area contributed by atoms with E-state index in [1.165, 1.54) is 4.90 Å². The van der Waals surface area contributed by atoms with E-state index in [0.29, 0.717) is 36.0 Å². The number of aryl methyl sites for hydroxylation is 3. The number of nitrogens with one attached hydrogen (secondary N) is 1. The fourth-order valence-corrected chi connectivity index (χ4v) is 5.24. The molecule has 0 aliphatic carbocycles. The Labute approximate surface area is 213 Å². The van der Waals surface area contributed by atoms with E-state index in [1.807, 2.05) is 63.2 Å². The largest absolute Gasteiger partial charge is 0.507 e. The van der Waals surface area contributed by atoms with Crippen LogP contribution in [0.4, 0.5) is 5.69 Å². The first-order valence-corrected chi connectivity index (χ1v) is 12.2. The van der Waals surface area contributed by atoms with E-state index in [2.05, 4.69) is 4.98 Å². The van der Waals surface area contributed by atoms with Gasteiger partial charge in [-0.05, 0) is 68.3 Å². The zero-order chi connectivity index (χ0) is 25.8. The van der Waals surface area contributed by atoms with Gasteiger partial charge in [0.25, 0.3) is 11.7 Å². The Morgan fingerprint density at radius 2 is 1.68 bits per heavy atom. The van der Waals surface area contributed by atoms with Crippen LogP contribution in [-0.2, 0) is 9.59 Å². The minimum atomic E-state index is -0.827. The van der Waals surface area contributed by atoms with Gasteiger partial charge in [-0.15, -0.1) is 0 Å². The molecule has 3 aromatic carbocycles. The van der Waals surface area contributed by atoms with Gasteiger partial charge in [-0.25, -0.2) is 0 Å². The van der Waals surface area contributed by atoms with Crippen molar-refractivity contribution in [2.75, 3.05) is 18.1 Å². The van der Waals surface area contributed by atoms with Gasteiger partial charge in [-0.2, -0.15) is 0 Å². The molecule has 6 rings (SSSR count). The number of Topliss-reactive ketones (excluding diaryl/α,β-unsaturated/α-hetero) is 1. The Hall–Kier alpha value is -4.52. The average Bonchev–Trinajstić information content (AvgIpc) is 3.37. The molecule has 1 aromatic heterocycles. The Kier molecular flexibility index (Phi) is 5.30. The van der Waals surface area contributed by atoms with E-state index < -0.39 is 17.7 Å². The van der Waals surface area contributed by atoms with Crippen LogP contribution in [0.3, 0.4) is 0 Å². The summed E-state index contributed by atoms with van der Waals surface area (Å²) in [5, 5.41) is 12.5. The number of carbonyl (C=O) groups excluding carboxylic acids is 2. The van der Waals surface area contributed by atoms with Gasteiger partial charge < -0.3 is 19.6 Å². The highest BCUT2D eigenvalue weighted by molar-refractivity contribution is 6.52. The Morgan fingerprint density at radius 1 is 0.919 bits per heavy atom. The molecule has 4 aromatic rings. The summed E-state index contributed by atoms with van der Waals surface area (Å²) in [5.41, 5.74) is 5.57. The van der Waals surface area contributed by atoms with Crippen LogP contribution in [0.5, 0.6) is 11.5 Å². The molecule has 2 N–H and O–H groups in total. The lowest BCUT2D eigenvalue weighted by atomic mass is 9.93. The second-order valence-corrected chi connectivity index (χ2v) is 9.51. The van der Waals surface area contributed by atoms with Crippen molar-refractivity contribution < 1.29 is 24.2 Å². The number of amides is 1. The predicted molar refractivity (Wildman–Crippen MR) is 141 cm³/mol. The highest BCUT2D eigenvalue weighted by Gasteiger charge is 2.48. The molecule has 1 unspecified atom stereocenters. The first-order valence-electron chi connectivity index (χ1n) is 12.2. The SMILES string of the molecule is Cc1ccc(N2C(=O)C(=O)/C(=C(/O)c3ccc4c(c3)OCCO4)C2c2c(C)[nH]c3ccccc23)cc1C. The fourth-order valence-electron chi connectivity index (χ4n) is 5.24. The normalized spacial score (nSPS) is 18.6. The third-order valence-electron chi connectivity index (χ3n) is 7.25. The summed E-state index contributed by atoms with van der Waals surface area (Å²) in [4.78, 5) is 32.1. The van der Waals surface area contributed by atoms with Gasteiger partial charge in [0, 0.05) is 33.4 Å². The van der Waals surface area contributed by atoms with Crippen molar-refractivity contribution in [2.45, 2.75) is 26.8 Å². The van der Waals surface area contributed by atoms with E-state index in [1.54, 1.807) is 18.2 Å². The number of aromatic amines is 1. The molecule has 0 bridgehead atoms. The van der Waals surface area contributed by atoms with Crippen molar-refractivity contribution in [3.8, 4) is 11.5 Å². The Morgan fingerprint density at radius 3 is 2.46 bits per heavy atom. The number of carbonyl (C=O) groups is 2. The van der Waals surface area contributed by atoms with Gasteiger partial charge in [0.05, 0.1) is 11.6 Å². The molecule has 1 saturated heterocycles. The van der Waals surface area contributed by atoms with Crippen LogP contribution in [0.2, 0.25) is 0 Å². The predicted octanol–water partition coefficient (Wildman–Crippen LogP) is 5.49. The van der Waals surface area contributed by atoms with Crippen molar-refractivity contribution >= 4 is 34.0 Å². The van der Waals surface area contributed by atoms with Crippen LogP contribution in [-0.4, -0.2) is 35.0 Å². The number of benzene rings is 3. The number of fused-ring (bicyclic) bond motifs is 2. The zero-order valence-corrected chi connectivity index (χ0v) is 20.8. The molecule has 2 aliphatic rings. The number of para-hydroxylation sites is 1. The molecule has 0 radical (unpaired) electrons. The number of ketones is 1. The van der Waals surface area contributed by atoms with Gasteiger partial charge in [0.1, 0.15) is 19.0 Å². The lowest BCUT2D eigenvalue weighted by molar-refractivity contribution is -0.132. The van der Waals surface area contributed by atoms with Crippen LogP contribution in [0.15, 0.2) is 66.2 Å². The number of hydrogen-bond donors (Lipinski definition) is 2. The van der Waals surface area contributed by atoms with E-state index >= 15 is 0 Å². The first kappa shape index (κ1) is 22.9. The van der Waals surface area contributed by atoms with Crippen molar-refractivity contribution in [1.82, 2.24) is 4.98 Å². The Balaban J connectivity index is 1.61. The van der Waals surface area contributed by atoms with E-state index in [4.69, 9.17) is 9.47 Å². The zero-order valence-electron chi connectivity index (χ0n) is 20.8. The van der Waals surface area contributed by atoms with Crippen LogP contribution < -0.4 is 14.4 Å². The van der Waals surface area contributed by atoms with Crippen molar-refractivity contribution in [3.05, 3.63) is 94.2 Å². The number of anilines is 1. The summed E-state index contributed by atoms with van der Waals surface area (Å²) >= 11 is 0. The summed E-state index contributed by atoms with van der Waals surface area (Å²) in [7, 11) is 0. The van der Waals surface area contributed by atoms with Crippen molar-refractivity contribution in [1.29, 1.82) is 0 Å². The molecule has 7 heteroatoms. The fraction of sp³-hybridized carbons (Fsp3) is 0.200. The van der Waals surface area contributed by atoms with Gasteiger partial charge in [-0.3, -0.25) is 14.5 Å². The third kappa shape index (κ3) is 3.57. The molecule has 1 amide bonds. The molecule has 2 aliphatic heterocycles. The molecule has 3 heterocycles. The average molecular weight is 495 g/mol. The summed E-state index contributed by atoms with van der Waals surface area (Å²) in [5.74, 6) is -0.616. The number of aromatic nitrogens is 1. The summed E-state index contributed by atoms with van der Waals surface area (Å²) < 4.78 is 11.3. The standard InChI is InChI=1S/C30H26N2O5/c1-16-8-10-20(14-17(16)2)32-27(25-18(3)31-22-7-5-4-6-21(22)25)26(29(34)30(32)35)28(33)19-9-11-23-24(15-19)37-13-12-36-23/h4-11,14-15,27,31,33H,12-13H2,1-3H3/b28-26+. The molecule has 37 heavy (non-hydrogen) atoms. The maximum atomic E-state index is 13.6. The van der Waals surface area contributed by atoms with Crippen LogP contribution >= 0.6 is 0 Å². The number of aliphatic hydroxyl groups excluding tert-OH is 1. The highest BCUT2D eigenvalue weighted by Crippen LogP contribution is 2.46. The van der Waals surface area contributed by atoms with Crippen molar-refractivity contribution in [2.24, 2.45) is 0 Å². The van der Waals surface area contributed by atoms with Crippen molar-refractivity contribution in [3.63, 3.8) is 0 Å². The lowest BCUT2D eigenvalue weighted by Crippen LogP contribution is -2.29.